The van der Waals surface area contributed by atoms with Crippen molar-refractivity contribution in [2.75, 3.05) is 0 Å². The summed E-state index contributed by atoms with van der Waals surface area (Å²) in [7, 11) is 0. The van der Waals surface area contributed by atoms with Crippen molar-refractivity contribution < 1.29 is 4.39 Å². The molecule has 1 nitrogen and oxygen atoms in total. The Labute approximate surface area is 115 Å². The first-order valence-corrected chi connectivity index (χ1v) is 7.15. The molecule has 0 amide bonds. The zero-order valence-corrected chi connectivity index (χ0v) is 12.1. The highest BCUT2D eigenvalue weighted by Crippen LogP contribution is 2.27. The molecule has 1 rings (SSSR count). The SMILES string of the molecule is CCCCCCCC(N)c1cc(C)c(F)cc1Cl. The van der Waals surface area contributed by atoms with E-state index in [1.807, 2.05) is 0 Å². The van der Waals surface area contributed by atoms with Crippen LogP contribution in [0.3, 0.4) is 0 Å². The van der Waals surface area contributed by atoms with Gasteiger partial charge in [0.15, 0.2) is 0 Å². The molecule has 102 valence electrons. The lowest BCUT2D eigenvalue weighted by atomic mass is 9.99. The largest absolute Gasteiger partial charge is 0.324 e. The Morgan fingerprint density at radius 3 is 2.56 bits per heavy atom. The Kier molecular flexibility index (Phi) is 6.66. The van der Waals surface area contributed by atoms with Gasteiger partial charge in [0.1, 0.15) is 5.82 Å². The number of halogens is 2. The van der Waals surface area contributed by atoms with Gasteiger partial charge in [0.2, 0.25) is 0 Å². The van der Waals surface area contributed by atoms with Crippen molar-refractivity contribution in [1.29, 1.82) is 0 Å². The Morgan fingerprint density at radius 1 is 1.22 bits per heavy atom. The van der Waals surface area contributed by atoms with Crippen molar-refractivity contribution in [1.82, 2.24) is 0 Å². The number of benzene rings is 1. The fourth-order valence-electron chi connectivity index (χ4n) is 2.09. The minimum atomic E-state index is -0.265. The van der Waals surface area contributed by atoms with Crippen LogP contribution >= 0.6 is 11.6 Å². The number of hydrogen-bond donors (Lipinski definition) is 1. The van der Waals surface area contributed by atoms with E-state index >= 15 is 0 Å². The number of nitrogens with two attached hydrogens (primary N) is 1. The van der Waals surface area contributed by atoms with Crippen LogP contribution in [-0.4, -0.2) is 0 Å². The van der Waals surface area contributed by atoms with Crippen molar-refractivity contribution in [2.24, 2.45) is 5.73 Å². The van der Waals surface area contributed by atoms with E-state index in [1.165, 1.54) is 31.7 Å². The maximum absolute atomic E-state index is 13.3. The minimum Gasteiger partial charge on any atom is -0.324 e. The quantitative estimate of drug-likeness (QED) is 0.682. The molecule has 0 aliphatic carbocycles. The van der Waals surface area contributed by atoms with E-state index < -0.39 is 0 Å². The first kappa shape index (κ1) is 15.5. The number of hydrogen-bond acceptors (Lipinski definition) is 1. The van der Waals surface area contributed by atoms with Gasteiger partial charge in [0, 0.05) is 11.1 Å². The van der Waals surface area contributed by atoms with E-state index in [0.29, 0.717) is 10.6 Å². The van der Waals surface area contributed by atoms with E-state index in [9.17, 15) is 4.39 Å². The van der Waals surface area contributed by atoms with Crippen LogP contribution in [0.1, 0.15) is 62.6 Å². The zero-order valence-electron chi connectivity index (χ0n) is 11.3. The van der Waals surface area contributed by atoms with Crippen molar-refractivity contribution in [3.63, 3.8) is 0 Å². The molecule has 1 aromatic carbocycles. The summed E-state index contributed by atoms with van der Waals surface area (Å²) in [5.41, 5.74) is 7.60. The molecule has 0 aliphatic heterocycles. The molecule has 1 aromatic rings. The van der Waals surface area contributed by atoms with Crippen molar-refractivity contribution >= 4 is 11.6 Å². The lowest BCUT2D eigenvalue weighted by Crippen LogP contribution is -2.11. The van der Waals surface area contributed by atoms with Gasteiger partial charge in [-0.05, 0) is 30.5 Å². The summed E-state index contributed by atoms with van der Waals surface area (Å²) in [6.07, 6.45) is 7.02. The molecule has 0 heterocycles. The van der Waals surface area contributed by atoms with Crippen LogP contribution in [0.15, 0.2) is 12.1 Å². The molecule has 0 radical (unpaired) electrons. The van der Waals surface area contributed by atoms with E-state index in [4.69, 9.17) is 17.3 Å². The average Bonchev–Trinajstić information content (AvgIpc) is 2.33. The van der Waals surface area contributed by atoms with Gasteiger partial charge in [-0.3, -0.25) is 0 Å². The summed E-state index contributed by atoms with van der Waals surface area (Å²) in [6.45, 7) is 3.94. The summed E-state index contributed by atoms with van der Waals surface area (Å²) in [6, 6.07) is 3.05. The van der Waals surface area contributed by atoms with Gasteiger partial charge >= 0.3 is 0 Å². The van der Waals surface area contributed by atoms with E-state index in [2.05, 4.69) is 6.92 Å². The van der Waals surface area contributed by atoms with Gasteiger partial charge in [-0.25, -0.2) is 4.39 Å². The zero-order chi connectivity index (χ0) is 13.5. The molecule has 1 atom stereocenters. The number of rotatable bonds is 7. The molecule has 18 heavy (non-hydrogen) atoms. The minimum absolute atomic E-state index is 0.0848. The average molecular weight is 272 g/mol. The third kappa shape index (κ3) is 4.58. The molecule has 0 bridgehead atoms. The van der Waals surface area contributed by atoms with Crippen LogP contribution in [0.2, 0.25) is 5.02 Å². The van der Waals surface area contributed by atoms with E-state index in [1.54, 1.807) is 13.0 Å². The number of unbranched alkanes of at least 4 members (excludes halogenated alkanes) is 4. The first-order chi connectivity index (χ1) is 8.56. The molecule has 0 spiro atoms. The molecule has 0 saturated heterocycles. The highest BCUT2D eigenvalue weighted by Gasteiger charge is 2.12. The van der Waals surface area contributed by atoms with E-state index in [-0.39, 0.29) is 11.9 Å². The van der Waals surface area contributed by atoms with Crippen molar-refractivity contribution in [3.8, 4) is 0 Å². The standard InChI is InChI=1S/C15H23ClFN/c1-3-4-5-6-7-8-15(18)12-9-11(2)14(17)10-13(12)16/h9-10,15H,3-8,18H2,1-2H3. The summed E-state index contributed by atoms with van der Waals surface area (Å²) >= 11 is 6.04. The molecule has 0 saturated carbocycles. The second-order valence-corrected chi connectivity index (χ2v) is 5.34. The van der Waals surface area contributed by atoms with Gasteiger partial charge in [-0.15, -0.1) is 0 Å². The molecule has 0 fully saturated rings. The Hall–Kier alpha value is -0.600. The highest BCUT2D eigenvalue weighted by atomic mass is 35.5. The van der Waals surface area contributed by atoms with Crippen molar-refractivity contribution in [3.05, 3.63) is 34.1 Å². The Morgan fingerprint density at radius 2 is 1.89 bits per heavy atom. The van der Waals surface area contributed by atoms with Gasteiger partial charge in [-0.1, -0.05) is 56.7 Å². The monoisotopic (exact) mass is 271 g/mol. The lowest BCUT2D eigenvalue weighted by Gasteiger charge is -2.15. The second kappa shape index (κ2) is 7.75. The third-order valence-corrected chi connectivity index (χ3v) is 3.62. The lowest BCUT2D eigenvalue weighted by molar-refractivity contribution is 0.553. The molecule has 0 aromatic heterocycles. The molecular weight excluding hydrogens is 249 g/mol. The van der Waals surface area contributed by atoms with E-state index in [0.717, 1.165) is 18.4 Å². The normalized spacial score (nSPS) is 12.7. The smallest absolute Gasteiger partial charge is 0.127 e. The second-order valence-electron chi connectivity index (χ2n) is 4.93. The third-order valence-electron chi connectivity index (χ3n) is 3.30. The highest BCUT2D eigenvalue weighted by molar-refractivity contribution is 6.31. The molecule has 2 N–H and O–H groups in total. The van der Waals surface area contributed by atoms with Gasteiger partial charge < -0.3 is 5.73 Å². The molecule has 0 aliphatic rings. The van der Waals surface area contributed by atoms with Crippen LogP contribution in [0.25, 0.3) is 0 Å². The van der Waals surface area contributed by atoms with Crippen LogP contribution in [0, 0.1) is 12.7 Å². The molecular formula is C15H23ClFN. The molecule has 3 heteroatoms. The Bertz CT molecular complexity index is 379. The first-order valence-electron chi connectivity index (χ1n) is 6.77. The summed E-state index contributed by atoms with van der Waals surface area (Å²) in [4.78, 5) is 0. The predicted molar refractivity (Wildman–Crippen MR) is 76.5 cm³/mol. The maximum Gasteiger partial charge on any atom is 0.127 e. The van der Waals surface area contributed by atoms with Crippen LogP contribution in [0.4, 0.5) is 4.39 Å². The summed E-state index contributed by atoms with van der Waals surface area (Å²) < 4.78 is 13.3. The van der Waals surface area contributed by atoms with Gasteiger partial charge in [-0.2, -0.15) is 0 Å². The fourth-order valence-corrected chi connectivity index (χ4v) is 2.38. The molecule has 1 unspecified atom stereocenters. The van der Waals surface area contributed by atoms with Crippen LogP contribution < -0.4 is 5.73 Å². The topological polar surface area (TPSA) is 26.0 Å². The predicted octanol–water partition coefficient (Wildman–Crippen LogP) is 5.15. The fraction of sp³-hybridized carbons (Fsp3) is 0.600. The van der Waals surface area contributed by atoms with Gasteiger partial charge in [0.05, 0.1) is 0 Å². The number of aryl methyl sites for hydroxylation is 1. The summed E-state index contributed by atoms with van der Waals surface area (Å²) in [5, 5.41) is 0.444. The van der Waals surface area contributed by atoms with Crippen LogP contribution in [-0.2, 0) is 0 Å². The maximum atomic E-state index is 13.3. The summed E-state index contributed by atoms with van der Waals surface area (Å²) in [5.74, 6) is -0.265. The Balaban J connectivity index is 2.51. The van der Waals surface area contributed by atoms with Crippen molar-refractivity contribution in [2.45, 2.75) is 58.4 Å². The van der Waals surface area contributed by atoms with Crippen LogP contribution in [0.5, 0.6) is 0 Å². The van der Waals surface area contributed by atoms with Gasteiger partial charge in [0.25, 0.3) is 0 Å².